The Kier molecular flexibility index (Phi) is 8.61. The molecule has 1 aromatic heterocycles. The van der Waals surface area contributed by atoms with Crippen molar-refractivity contribution >= 4 is 47.4 Å². The van der Waals surface area contributed by atoms with Gasteiger partial charge in [-0.15, -0.1) is 24.0 Å². The summed E-state index contributed by atoms with van der Waals surface area (Å²) in [6.45, 7) is 3.81. The standard InChI is InChI=1S/C19H24ClN5.HI/c20-17-6-2-1-5-16(17)14-25-11-8-15(9-12-25)13-23-19(21)24-18-7-3-4-10-22-18;/h1-7,10,15H,8-9,11-14H2,(H3,21,22,23,24);1H. The number of nitrogens with one attached hydrogen (secondary N) is 1. The Bertz CT molecular complexity index is 702. The van der Waals surface area contributed by atoms with E-state index >= 15 is 0 Å². The molecule has 1 aromatic carbocycles. The average Bonchev–Trinajstić information content (AvgIpc) is 2.64. The maximum Gasteiger partial charge on any atom is 0.194 e. The molecule has 5 nitrogen and oxygen atoms in total. The number of likely N-dealkylation sites (tertiary alicyclic amines) is 1. The van der Waals surface area contributed by atoms with E-state index in [9.17, 15) is 0 Å². The van der Waals surface area contributed by atoms with Gasteiger partial charge in [-0.05, 0) is 55.6 Å². The van der Waals surface area contributed by atoms with Crippen LogP contribution in [0.4, 0.5) is 5.82 Å². The predicted octanol–water partition coefficient (Wildman–Crippen LogP) is 3.99. The van der Waals surface area contributed by atoms with Gasteiger partial charge in [0.15, 0.2) is 5.96 Å². The number of guanidine groups is 1. The second kappa shape index (κ2) is 10.7. The van der Waals surface area contributed by atoms with E-state index in [0.717, 1.165) is 49.9 Å². The number of nitrogens with zero attached hydrogens (tertiary/aromatic N) is 3. The molecule has 2 heterocycles. The molecule has 1 saturated heterocycles. The first-order chi connectivity index (χ1) is 12.2. The highest BCUT2D eigenvalue weighted by Crippen LogP contribution is 2.22. The van der Waals surface area contributed by atoms with Gasteiger partial charge in [-0.2, -0.15) is 0 Å². The lowest BCUT2D eigenvalue weighted by atomic mass is 9.96. The van der Waals surface area contributed by atoms with Crippen LogP contribution in [0, 0.1) is 5.92 Å². The van der Waals surface area contributed by atoms with Crippen molar-refractivity contribution in [2.24, 2.45) is 16.6 Å². The summed E-state index contributed by atoms with van der Waals surface area (Å²) in [7, 11) is 0. The lowest BCUT2D eigenvalue weighted by Gasteiger charge is -2.31. The van der Waals surface area contributed by atoms with E-state index in [2.05, 4.69) is 26.3 Å². The molecule has 0 spiro atoms. The van der Waals surface area contributed by atoms with E-state index in [-0.39, 0.29) is 24.0 Å². The van der Waals surface area contributed by atoms with Crippen LogP contribution < -0.4 is 11.1 Å². The topological polar surface area (TPSA) is 66.5 Å². The molecule has 1 fully saturated rings. The fourth-order valence-electron chi connectivity index (χ4n) is 3.03. The van der Waals surface area contributed by atoms with Gasteiger partial charge in [0.2, 0.25) is 0 Å². The fourth-order valence-corrected chi connectivity index (χ4v) is 3.23. The number of benzene rings is 1. The molecule has 0 unspecified atom stereocenters. The molecule has 0 aliphatic carbocycles. The van der Waals surface area contributed by atoms with Crippen molar-refractivity contribution in [1.82, 2.24) is 9.88 Å². The molecule has 0 saturated carbocycles. The number of aliphatic imine (C=N–C) groups is 1. The van der Waals surface area contributed by atoms with Crippen molar-refractivity contribution in [2.45, 2.75) is 19.4 Å². The van der Waals surface area contributed by atoms with Crippen LogP contribution in [-0.4, -0.2) is 35.5 Å². The van der Waals surface area contributed by atoms with E-state index in [4.69, 9.17) is 17.3 Å². The van der Waals surface area contributed by atoms with E-state index in [1.54, 1.807) is 6.20 Å². The number of anilines is 1. The van der Waals surface area contributed by atoms with E-state index in [0.29, 0.717) is 11.9 Å². The quantitative estimate of drug-likeness (QED) is 0.382. The first-order valence-electron chi connectivity index (χ1n) is 8.64. The van der Waals surface area contributed by atoms with Crippen molar-refractivity contribution in [1.29, 1.82) is 0 Å². The van der Waals surface area contributed by atoms with Crippen molar-refractivity contribution < 1.29 is 0 Å². The Morgan fingerprint density at radius 2 is 1.92 bits per heavy atom. The molecule has 0 bridgehead atoms. The van der Waals surface area contributed by atoms with Crippen LogP contribution in [0.5, 0.6) is 0 Å². The Morgan fingerprint density at radius 3 is 2.62 bits per heavy atom. The number of hydrogen-bond acceptors (Lipinski definition) is 3. The molecule has 26 heavy (non-hydrogen) atoms. The van der Waals surface area contributed by atoms with Gasteiger partial charge in [-0.25, -0.2) is 4.98 Å². The first kappa shape index (κ1) is 20.9. The van der Waals surface area contributed by atoms with Gasteiger partial charge >= 0.3 is 0 Å². The molecule has 1 aliphatic heterocycles. The van der Waals surface area contributed by atoms with Gasteiger partial charge < -0.3 is 11.1 Å². The molecule has 140 valence electrons. The molecule has 3 N–H and O–H groups in total. The maximum atomic E-state index is 6.25. The van der Waals surface area contributed by atoms with Crippen molar-refractivity contribution in [3.05, 3.63) is 59.2 Å². The van der Waals surface area contributed by atoms with Gasteiger partial charge in [0.05, 0.1) is 0 Å². The summed E-state index contributed by atoms with van der Waals surface area (Å²) < 4.78 is 0. The van der Waals surface area contributed by atoms with Crippen LogP contribution in [0.1, 0.15) is 18.4 Å². The van der Waals surface area contributed by atoms with Crippen LogP contribution in [0.15, 0.2) is 53.7 Å². The van der Waals surface area contributed by atoms with Gasteiger partial charge in [-0.1, -0.05) is 35.9 Å². The van der Waals surface area contributed by atoms with Crippen LogP contribution in [0.25, 0.3) is 0 Å². The third kappa shape index (κ3) is 6.41. The summed E-state index contributed by atoms with van der Waals surface area (Å²) in [6.07, 6.45) is 3.99. The highest BCUT2D eigenvalue weighted by atomic mass is 127. The molecule has 0 amide bonds. The number of aromatic nitrogens is 1. The zero-order chi connectivity index (χ0) is 17.5. The minimum atomic E-state index is 0. The zero-order valence-electron chi connectivity index (χ0n) is 14.6. The summed E-state index contributed by atoms with van der Waals surface area (Å²) in [4.78, 5) is 11.1. The summed E-state index contributed by atoms with van der Waals surface area (Å²) in [5, 5.41) is 3.87. The lowest BCUT2D eigenvalue weighted by Crippen LogP contribution is -2.34. The maximum absolute atomic E-state index is 6.25. The fraction of sp³-hybridized carbons (Fsp3) is 0.368. The number of rotatable bonds is 5. The first-order valence-corrected chi connectivity index (χ1v) is 9.02. The third-order valence-corrected chi connectivity index (χ3v) is 4.87. The molecule has 3 rings (SSSR count). The highest BCUT2D eigenvalue weighted by Gasteiger charge is 2.19. The number of hydrogen-bond donors (Lipinski definition) is 2. The molecule has 7 heteroatoms. The molecule has 0 atom stereocenters. The Morgan fingerprint density at radius 1 is 1.19 bits per heavy atom. The molecule has 2 aromatic rings. The number of nitrogens with two attached hydrogens (primary N) is 1. The summed E-state index contributed by atoms with van der Waals surface area (Å²) >= 11 is 6.25. The van der Waals surface area contributed by atoms with Gasteiger partial charge in [0.1, 0.15) is 5.82 Å². The second-order valence-corrected chi connectivity index (χ2v) is 6.78. The van der Waals surface area contributed by atoms with Gasteiger partial charge in [0.25, 0.3) is 0 Å². The molecule has 0 radical (unpaired) electrons. The van der Waals surface area contributed by atoms with Crippen LogP contribution in [0.2, 0.25) is 5.02 Å². The normalized spacial score (nSPS) is 16.1. The van der Waals surface area contributed by atoms with Crippen LogP contribution in [-0.2, 0) is 6.54 Å². The number of piperidine rings is 1. The molecular weight excluding hydrogens is 461 g/mol. The SMILES string of the molecule is I.NC(=NCC1CCN(Cc2ccccc2Cl)CC1)Nc1ccccn1. The van der Waals surface area contributed by atoms with Gasteiger partial charge in [-0.3, -0.25) is 9.89 Å². The third-order valence-electron chi connectivity index (χ3n) is 4.50. The van der Waals surface area contributed by atoms with E-state index < -0.39 is 0 Å². The minimum Gasteiger partial charge on any atom is -0.370 e. The second-order valence-electron chi connectivity index (χ2n) is 6.38. The summed E-state index contributed by atoms with van der Waals surface area (Å²) in [6, 6.07) is 13.7. The Balaban J connectivity index is 0.00000243. The predicted molar refractivity (Wildman–Crippen MR) is 119 cm³/mol. The monoisotopic (exact) mass is 485 g/mol. The zero-order valence-corrected chi connectivity index (χ0v) is 17.7. The van der Waals surface area contributed by atoms with Crippen molar-refractivity contribution in [2.75, 3.05) is 25.0 Å². The van der Waals surface area contributed by atoms with Crippen LogP contribution in [0.3, 0.4) is 0 Å². The minimum absolute atomic E-state index is 0. The smallest absolute Gasteiger partial charge is 0.194 e. The molecule has 1 aliphatic rings. The Labute approximate surface area is 177 Å². The Hall–Kier alpha value is -1.38. The van der Waals surface area contributed by atoms with Crippen LogP contribution >= 0.6 is 35.6 Å². The average molecular weight is 486 g/mol. The van der Waals surface area contributed by atoms with Crippen molar-refractivity contribution in [3.8, 4) is 0 Å². The largest absolute Gasteiger partial charge is 0.370 e. The molecular formula is C19H25ClIN5. The van der Waals surface area contributed by atoms with E-state index in [1.807, 2.05) is 36.4 Å². The number of pyridine rings is 1. The van der Waals surface area contributed by atoms with Gasteiger partial charge in [0, 0.05) is 24.3 Å². The lowest BCUT2D eigenvalue weighted by molar-refractivity contribution is 0.180. The van der Waals surface area contributed by atoms with Crippen molar-refractivity contribution in [3.63, 3.8) is 0 Å². The summed E-state index contributed by atoms with van der Waals surface area (Å²) in [5.41, 5.74) is 7.14. The van der Waals surface area contributed by atoms with E-state index in [1.165, 1.54) is 5.56 Å². The highest BCUT2D eigenvalue weighted by molar-refractivity contribution is 14.0. The summed E-state index contributed by atoms with van der Waals surface area (Å²) in [5.74, 6) is 1.72. The number of halogens is 2.